The van der Waals surface area contributed by atoms with Crippen LogP contribution < -0.4 is 10.6 Å². The summed E-state index contributed by atoms with van der Waals surface area (Å²) in [5.41, 5.74) is 2.30. The molecule has 1 aromatic carbocycles. The highest BCUT2D eigenvalue weighted by atomic mass is 35.5. The molecule has 2 atom stereocenters. The first-order chi connectivity index (χ1) is 12.0. The Morgan fingerprint density at radius 3 is 2.46 bits per heavy atom. The van der Waals surface area contributed by atoms with Crippen molar-refractivity contribution in [1.82, 2.24) is 15.5 Å². The minimum atomic E-state index is -0.431. The van der Waals surface area contributed by atoms with E-state index in [1.165, 1.54) is 5.56 Å². The molecular weight excluding hydrogens is 354 g/mol. The Morgan fingerprint density at radius 1 is 1.23 bits per heavy atom. The Labute approximate surface area is 160 Å². The number of aliphatic hydroxyl groups excluding tert-OH is 1. The van der Waals surface area contributed by atoms with Gasteiger partial charge in [0.2, 0.25) is 11.8 Å². The molecule has 0 spiro atoms. The van der Waals surface area contributed by atoms with Gasteiger partial charge in [0.1, 0.15) is 0 Å². The van der Waals surface area contributed by atoms with Gasteiger partial charge in [0, 0.05) is 32.1 Å². The van der Waals surface area contributed by atoms with Crippen LogP contribution in [-0.4, -0.2) is 53.6 Å². The van der Waals surface area contributed by atoms with Crippen molar-refractivity contribution < 1.29 is 14.7 Å². The van der Waals surface area contributed by atoms with Crippen LogP contribution in [0.5, 0.6) is 0 Å². The predicted molar refractivity (Wildman–Crippen MR) is 102 cm³/mol. The van der Waals surface area contributed by atoms with Gasteiger partial charge in [0.05, 0.1) is 12.1 Å². The third kappa shape index (κ3) is 5.19. The molecule has 2 aliphatic heterocycles. The van der Waals surface area contributed by atoms with E-state index < -0.39 is 6.10 Å². The van der Waals surface area contributed by atoms with E-state index in [-0.39, 0.29) is 36.2 Å². The topological polar surface area (TPSA) is 81.7 Å². The summed E-state index contributed by atoms with van der Waals surface area (Å²) in [6, 6.07) is 7.86. The first-order valence-electron chi connectivity index (χ1n) is 9.06. The lowest BCUT2D eigenvalue weighted by Gasteiger charge is -2.33. The van der Waals surface area contributed by atoms with Crippen molar-refractivity contribution >= 4 is 24.2 Å². The van der Waals surface area contributed by atoms with Crippen LogP contribution in [-0.2, 0) is 16.1 Å². The minimum Gasteiger partial charge on any atom is -0.392 e. The molecule has 0 radical (unpaired) electrons. The lowest BCUT2D eigenvalue weighted by atomic mass is 9.95. The second-order valence-corrected chi connectivity index (χ2v) is 7.15. The molecule has 2 amide bonds. The SMILES string of the molecule is Cc1ccc(CNC(=O)C2CCN(C(=O)[C@H]3C[C@H](O)CN3)CC2)cc1.Cl. The van der Waals surface area contributed by atoms with Gasteiger partial charge in [0.15, 0.2) is 0 Å². The highest BCUT2D eigenvalue weighted by Gasteiger charge is 2.34. The van der Waals surface area contributed by atoms with Gasteiger partial charge in [-0.2, -0.15) is 0 Å². The van der Waals surface area contributed by atoms with Crippen molar-refractivity contribution in [3.8, 4) is 0 Å². The van der Waals surface area contributed by atoms with E-state index in [4.69, 9.17) is 0 Å². The second-order valence-electron chi connectivity index (χ2n) is 7.15. The molecule has 3 rings (SSSR count). The summed E-state index contributed by atoms with van der Waals surface area (Å²) < 4.78 is 0. The number of aliphatic hydroxyl groups is 1. The zero-order valence-corrected chi connectivity index (χ0v) is 15.9. The number of halogens is 1. The number of hydrogen-bond donors (Lipinski definition) is 3. The van der Waals surface area contributed by atoms with Crippen molar-refractivity contribution in [2.75, 3.05) is 19.6 Å². The van der Waals surface area contributed by atoms with Gasteiger partial charge in [-0.25, -0.2) is 0 Å². The first kappa shape index (κ1) is 20.7. The van der Waals surface area contributed by atoms with Crippen LogP contribution in [0.1, 0.15) is 30.4 Å². The van der Waals surface area contributed by atoms with Gasteiger partial charge < -0.3 is 20.6 Å². The second kappa shape index (κ2) is 9.35. The molecule has 3 N–H and O–H groups in total. The molecule has 1 aromatic rings. The standard InChI is InChI=1S/C19H27N3O3.ClH/c1-13-2-4-14(5-3-13)11-21-18(24)15-6-8-22(9-7-15)19(25)17-10-16(23)12-20-17;/h2-5,15-17,20,23H,6-12H2,1H3,(H,21,24);1H/t16-,17+;/m0./s1. The normalized spacial score (nSPS) is 23.4. The molecule has 0 aromatic heterocycles. The lowest BCUT2D eigenvalue weighted by Crippen LogP contribution is -2.48. The van der Waals surface area contributed by atoms with Gasteiger partial charge in [0.25, 0.3) is 0 Å². The van der Waals surface area contributed by atoms with E-state index in [9.17, 15) is 14.7 Å². The summed E-state index contributed by atoms with van der Waals surface area (Å²) in [4.78, 5) is 26.6. The Kier molecular flexibility index (Phi) is 7.43. The molecule has 144 valence electrons. The number of carbonyl (C=O) groups excluding carboxylic acids is 2. The zero-order valence-electron chi connectivity index (χ0n) is 15.1. The van der Waals surface area contributed by atoms with Crippen LogP contribution in [0.15, 0.2) is 24.3 Å². The largest absolute Gasteiger partial charge is 0.392 e. The Bertz CT molecular complexity index is 615. The van der Waals surface area contributed by atoms with E-state index in [0.717, 1.165) is 5.56 Å². The molecule has 0 aliphatic carbocycles. The zero-order chi connectivity index (χ0) is 17.8. The van der Waals surface area contributed by atoms with Crippen LogP contribution in [0.3, 0.4) is 0 Å². The summed E-state index contributed by atoms with van der Waals surface area (Å²) in [5.74, 6) is 0.0915. The Morgan fingerprint density at radius 2 is 1.88 bits per heavy atom. The van der Waals surface area contributed by atoms with Crippen molar-refractivity contribution in [1.29, 1.82) is 0 Å². The monoisotopic (exact) mass is 381 g/mol. The fraction of sp³-hybridized carbons (Fsp3) is 0.579. The number of aryl methyl sites for hydroxylation is 1. The van der Waals surface area contributed by atoms with Crippen molar-refractivity contribution in [2.24, 2.45) is 5.92 Å². The van der Waals surface area contributed by atoms with Gasteiger partial charge in [-0.3, -0.25) is 9.59 Å². The molecule has 7 heteroatoms. The maximum absolute atomic E-state index is 12.4. The number of nitrogens with zero attached hydrogens (tertiary/aromatic N) is 1. The average molecular weight is 382 g/mol. The van der Waals surface area contributed by atoms with Gasteiger partial charge >= 0.3 is 0 Å². The summed E-state index contributed by atoms with van der Waals surface area (Å²) in [6.07, 6.45) is 1.44. The third-order valence-electron chi connectivity index (χ3n) is 5.17. The maximum atomic E-state index is 12.4. The number of benzene rings is 1. The van der Waals surface area contributed by atoms with E-state index in [0.29, 0.717) is 45.4 Å². The molecule has 0 unspecified atom stereocenters. The van der Waals surface area contributed by atoms with Crippen molar-refractivity contribution in [2.45, 2.75) is 44.9 Å². The quantitative estimate of drug-likeness (QED) is 0.726. The van der Waals surface area contributed by atoms with Gasteiger partial charge in [-0.05, 0) is 31.7 Å². The number of rotatable bonds is 4. The first-order valence-corrected chi connectivity index (χ1v) is 9.06. The molecule has 6 nitrogen and oxygen atoms in total. The lowest BCUT2D eigenvalue weighted by molar-refractivity contribution is -0.137. The number of carbonyl (C=O) groups is 2. The molecular formula is C19H28ClN3O3. The molecule has 0 saturated carbocycles. The molecule has 2 saturated heterocycles. The van der Waals surface area contributed by atoms with Crippen LogP contribution in [0.4, 0.5) is 0 Å². The molecule has 26 heavy (non-hydrogen) atoms. The van der Waals surface area contributed by atoms with Crippen molar-refractivity contribution in [3.63, 3.8) is 0 Å². The van der Waals surface area contributed by atoms with Crippen LogP contribution in [0.2, 0.25) is 0 Å². The van der Waals surface area contributed by atoms with Gasteiger partial charge in [-0.1, -0.05) is 29.8 Å². The average Bonchev–Trinajstić information content (AvgIpc) is 3.07. The Balaban J connectivity index is 0.00000243. The van der Waals surface area contributed by atoms with E-state index in [1.807, 2.05) is 36.1 Å². The molecule has 2 heterocycles. The highest BCUT2D eigenvalue weighted by molar-refractivity contribution is 5.85. The number of β-amino-alcohol motifs (C(OH)–C–C–N with tert-alkyl or cyclic N) is 1. The third-order valence-corrected chi connectivity index (χ3v) is 5.17. The highest BCUT2D eigenvalue weighted by Crippen LogP contribution is 2.20. The van der Waals surface area contributed by atoms with Crippen LogP contribution >= 0.6 is 12.4 Å². The fourth-order valence-electron chi connectivity index (χ4n) is 3.53. The van der Waals surface area contributed by atoms with E-state index in [2.05, 4.69) is 10.6 Å². The maximum Gasteiger partial charge on any atom is 0.239 e. The molecule has 0 bridgehead atoms. The summed E-state index contributed by atoms with van der Waals surface area (Å²) in [6.45, 7) is 4.28. The number of hydrogen-bond acceptors (Lipinski definition) is 4. The Hall–Kier alpha value is -1.63. The molecule has 2 fully saturated rings. The predicted octanol–water partition coefficient (Wildman–Crippen LogP) is 0.994. The minimum absolute atomic E-state index is 0. The fourth-order valence-corrected chi connectivity index (χ4v) is 3.53. The number of likely N-dealkylation sites (tertiary alicyclic amines) is 1. The van der Waals surface area contributed by atoms with E-state index >= 15 is 0 Å². The number of nitrogens with one attached hydrogen (secondary N) is 2. The van der Waals surface area contributed by atoms with Crippen molar-refractivity contribution in [3.05, 3.63) is 35.4 Å². The summed E-state index contributed by atoms with van der Waals surface area (Å²) in [7, 11) is 0. The smallest absolute Gasteiger partial charge is 0.239 e. The number of amides is 2. The van der Waals surface area contributed by atoms with Crippen LogP contribution in [0.25, 0.3) is 0 Å². The molecule has 2 aliphatic rings. The van der Waals surface area contributed by atoms with Crippen LogP contribution in [0, 0.1) is 12.8 Å². The number of piperidine rings is 1. The van der Waals surface area contributed by atoms with E-state index in [1.54, 1.807) is 0 Å². The summed E-state index contributed by atoms with van der Waals surface area (Å²) >= 11 is 0. The van der Waals surface area contributed by atoms with Gasteiger partial charge in [-0.15, -0.1) is 12.4 Å². The summed E-state index contributed by atoms with van der Waals surface area (Å²) in [5, 5.41) is 15.6.